The zero-order valence-corrected chi connectivity index (χ0v) is 18.3. The van der Waals surface area contributed by atoms with Crippen molar-refractivity contribution in [3.8, 4) is 17.2 Å². The minimum atomic E-state index is -0.517. The third-order valence-corrected chi connectivity index (χ3v) is 4.15. The van der Waals surface area contributed by atoms with E-state index in [1.54, 1.807) is 50.6 Å². The third kappa shape index (κ3) is 8.39. The molecule has 0 aliphatic heterocycles. The predicted molar refractivity (Wildman–Crippen MR) is 120 cm³/mol. The number of halogens is 1. The summed E-state index contributed by atoms with van der Waals surface area (Å²) in [5, 5.41) is 0. The summed E-state index contributed by atoms with van der Waals surface area (Å²) in [6, 6.07) is 16.4. The molecular weight excluding hydrogens is 415 g/mol. The number of ether oxygens (including phenoxy) is 3. The number of carbonyl (C=O) groups is 3. The van der Waals surface area contributed by atoms with E-state index in [-0.39, 0.29) is 5.75 Å². The minimum Gasteiger partial charge on any atom is -0.497 e. The highest BCUT2D eigenvalue weighted by Crippen LogP contribution is 2.16. The van der Waals surface area contributed by atoms with E-state index < -0.39 is 5.82 Å². The van der Waals surface area contributed by atoms with Crippen LogP contribution in [-0.2, 0) is 0 Å². The quantitative estimate of drug-likeness (QED) is 0.504. The fourth-order valence-corrected chi connectivity index (χ4v) is 2.38. The van der Waals surface area contributed by atoms with E-state index in [4.69, 9.17) is 9.47 Å². The van der Waals surface area contributed by atoms with Gasteiger partial charge in [0, 0.05) is 16.7 Å². The molecule has 0 heterocycles. The van der Waals surface area contributed by atoms with Crippen molar-refractivity contribution in [2.75, 3.05) is 21.3 Å². The molecular formula is C25H25FO6. The second kappa shape index (κ2) is 14.1. The summed E-state index contributed by atoms with van der Waals surface area (Å²) >= 11 is 0. The minimum absolute atomic E-state index is 0.149. The summed E-state index contributed by atoms with van der Waals surface area (Å²) in [6.45, 7) is 1.88. The van der Waals surface area contributed by atoms with E-state index >= 15 is 0 Å². The van der Waals surface area contributed by atoms with Crippen molar-refractivity contribution < 1.29 is 33.0 Å². The molecule has 0 aromatic heterocycles. The van der Waals surface area contributed by atoms with Gasteiger partial charge in [0.05, 0.1) is 21.3 Å². The van der Waals surface area contributed by atoms with Crippen LogP contribution in [0, 0.1) is 12.7 Å². The van der Waals surface area contributed by atoms with Gasteiger partial charge < -0.3 is 14.2 Å². The van der Waals surface area contributed by atoms with E-state index in [9.17, 15) is 18.8 Å². The number of hydrogen-bond donors (Lipinski definition) is 0. The molecule has 0 aliphatic rings. The van der Waals surface area contributed by atoms with Crippen LogP contribution in [0.1, 0.15) is 36.6 Å². The van der Waals surface area contributed by atoms with Crippen LogP contribution in [-0.4, -0.2) is 40.2 Å². The molecule has 3 aromatic rings. The number of benzene rings is 3. The van der Waals surface area contributed by atoms with Crippen molar-refractivity contribution >= 4 is 18.9 Å². The predicted octanol–water partition coefficient (Wildman–Crippen LogP) is 4.97. The van der Waals surface area contributed by atoms with Crippen molar-refractivity contribution in [3.05, 3.63) is 88.7 Å². The lowest BCUT2D eigenvalue weighted by Crippen LogP contribution is -1.89. The van der Waals surface area contributed by atoms with Gasteiger partial charge >= 0.3 is 0 Å². The van der Waals surface area contributed by atoms with Crippen LogP contribution < -0.4 is 14.2 Å². The van der Waals surface area contributed by atoms with Gasteiger partial charge in [-0.05, 0) is 61.0 Å². The lowest BCUT2D eigenvalue weighted by molar-refractivity contribution is 0.111. The van der Waals surface area contributed by atoms with Gasteiger partial charge in [0.15, 0.2) is 11.6 Å². The first-order chi connectivity index (χ1) is 15.4. The molecule has 0 spiro atoms. The SMILES string of the molecule is COc1ccc(C=O)c(C)c1.COc1ccc(C=O)cc1F.COc1cccc(C=O)c1. The van der Waals surface area contributed by atoms with Crippen molar-refractivity contribution in [2.24, 2.45) is 0 Å². The molecule has 0 N–H and O–H groups in total. The summed E-state index contributed by atoms with van der Waals surface area (Å²) in [4.78, 5) is 30.8. The fraction of sp³-hybridized carbons (Fsp3) is 0.160. The van der Waals surface area contributed by atoms with Gasteiger partial charge in [0.1, 0.15) is 30.4 Å². The molecule has 32 heavy (non-hydrogen) atoms. The van der Waals surface area contributed by atoms with Crippen LogP contribution in [0.3, 0.4) is 0 Å². The van der Waals surface area contributed by atoms with E-state index in [0.717, 1.165) is 30.0 Å². The molecule has 3 rings (SSSR count). The summed E-state index contributed by atoms with van der Waals surface area (Å²) in [7, 11) is 4.55. The molecule has 6 nitrogen and oxygen atoms in total. The van der Waals surface area contributed by atoms with Crippen molar-refractivity contribution in [1.82, 2.24) is 0 Å². The highest BCUT2D eigenvalue weighted by atomic mass is 19.1. The Morgan fingerprint density at radius 3 is 1.81 bits per heavy atom. The van der Waals surface area contributed by atoms with Crippen LogP contribution in [0.4, 0.5) is 4.39 Å². The first-order valence-corrected chi connectivity index (χ1v) is 9.40. The molecule has 0 aliphatic carbocycles. The molecule has 168 valence electrons. The van der Waals surface area contributed by atoms with Crippen LogP contribution in [0.2, 0.25) is 0 Å². The van der Waals surface area contributed by atoms with E-state index in [0.29, 0.717) is 28.7 Å². The van der Waals surface area contributed by atoms with E-state index in [2.05, 4.69) is 4.74 Å². The zero-order chi connectivity index (χ0) is 23.9. The van der Waals surface area contributed by atoms with Gasteiger partial charge in [-0.2, -0.15) is 0 Å². The van der Waals surface area contributed by atoms with Crippen LogP contribution in [0.15, 0.2) is 60.7 Å². The fourth-order valence-electron chi connectivity index (χ4n) is 2.38. The standard InChI is InChI=1S/C9H10O2.C8H7FO2.C8H8O2/c1-7-5-9(11-2)4-3-8(7)6-10;1-11-8-3-2-6(5-10)4-7(8)9;1-10-8-4-2-3-7(5-8)6-9/h3-6H,1-2H3;2-5H,1H3;2-6H,1H3. The van der Waals surface area contributed by atoms with Crippen LogP contribution in [0.25, 0.3) is 0 Å². The van der Waals surface area contributed by atoms with Gasteiger partial charge in [-0.1, -0.05) is 12.1 Å². The number of aldehydes is 3. The van der Waals surface area contributed by atoms with Crippen molar-refractivity contribution in [1.29, 1.82) is 0 Å². The second-order valence-corrected chi connectivity index (χ2v) is 6.25. The third-order valence-electron chi connectivity index (χ3n) is 4.15. The Bertz CT molecular complexity index is 1030. The van der Waals surface area contributed by atoms with Gasteiger partial charge in [-0.3, -0.25) is 14.4 Å². The zero-order valence-electron chi connectivity index (χ0n) is 18.3. The Morgan fingerprint density at radius 2 is 1.31 bits per heavy atom. The number of carbonyl (C=O) groups excluding carboxylic acids is 3. The molecule has 0 atom stereocenters. The molecule has 0 saturated carbocycles. The summed E-state index contributed by atoms with van der Waals surface area (Å²) in [5.41, 5.74) is 2.60. The maximum absolute atomic E-state index is 12.8. The number of aryl methyl sites for hydroxylation is 1. The average molecular weight is 440 g/mol. The summed E-state index contributed by atoms with van der Waals surface area (Å²) < 4.78 is 27.3. The Hall–Kier alpha value is -4.00. The van der Waals surface area contributed by atoms with Gasteiger partial charge in [-0.15, -0.1) is 0 Å². The Balaban J connectivity index is 0.000000240. The normalized spacial score (nSPS) is 9.16. The highest BCUT2D eigenvalue weighted by Gasteiger charge is 2.01. The molecule has 0 amide bonds. The largest absolute Gasteiger partial charge is 0.497 e. The summed E-state index contributed by atoms with van der Waals surface area (Å²) in [5.74, 6) is 1.13. The maximum Gasteiger partial charge on any atom is 0.165 e. The molecule has 3 aromatic carbocycles. The summed E-state index contributed by atoms with van der Waals surface area (Å²) in [6.07, 6.45) is 2.22. The van der Waals surface area contributed by atoms with E-state index in [1.165, 1.54) is 19.2 Å². The van der Waals surface area contributed by atoms with Gasteiger partial charge in [0.2, 0.25) is 0 Å². The molecule has 0 radical (unpaired) electrons. The lowest BCUT2D eigenvalue weighted by atomic mass is 10.1. The van der Waals surface area contributed by atoms with Crippen molar-refractivity contribution in [3.63, 3.8) is 0 Å². The number of methoxy groups -OCH3 is 3. The smallest absolute Gasteiger partial charge is 0.165 e. The molecule has 7 heteroatoms. The lowest BCUT2D eigenvalue weighted by Gasteiger charge is -2.01. The monoisotopic (exact) mass is 440 g/mol. The van der Waals surface area contributed by atoms with Crippen LogP contribution in [0.5, 0.6) is 17.2 Å². The molecule has 0 saturated heterocycles. The molecule has 0 fully saturated rings. The molecule has 0 unspecified atom stereocenters. The average Bonchev–Trinajstić information content (AvgIpc) is 2.84. The second-order valence-electron chi connectivity index (χ2n) is 6.25. The van der Waals surface area contributed by atoms with Gasteiger partial charge in [0.25, 0.3) is 0 Å². The Labute approximate surface area is 186 Å². The Kier molecular flexibility index (Phi) is 11.5. The number of hydrogen-bond acceptors (Lipinski definition) is 6. The van der Waals surface area contributed by atoms with E-state index in [1.807, 2.05) is 13.0 Å². The highest BCUT2D eigenvalue weighted by molar-refractivity contribution is 5.77. The first-order valence-electron chi connectivity index (χ1n) is 9.40. The first kappa shape index (κ1) is 26.0. The van der Waals surface area contributed by atoms with Crippen LogP contribution >= 0.6 is 0 Å². The van der Waals surface area contributed by atoms with Crippen molar-refractivity contribution in [2.45, 2.75) is 6.92 Å². The van der Waals surface area contributed by atoms with Gasteiger partial charge in [-0.25, -0.2) is 4.39 Å². The molecule has 0 bridgehead atoms. The number of rotatable bonds is 6. The Morgan fingerprint density at radius 1 is 0.688 bits per heavy atom. The topological polar surface area (TPSA) is 78.9 Å². The maximum atomic E-state index is 12.8.